The summed E-state index contributed by atoms with van der Waals surface area (Å²) >= 11 is 5.52. The third-order valence-electron chi connectivity index (χ3n) is 3.82. The number of nitrogens with zero attached hydrogens (tertiary/aromatic N) is 1. The predicted octanol–water partition coefficient (Wildman–Crippen LogP) is 4.88. The molecule has 0 fully saturated rings. The van der Waals surface area contributed by atoms with Crippen LogP contribution in [0.5, 0.6) is 0 Å². The fourth-order valence-corrected chi connectivity index (χ4v) is 3.81. The minimum absolute atomic E-state index is 0.478. The molecular formula is C16H14ClF4NO2S. The van der Waals surface area contributed by atoms with Crippen molar-refractivity contribution in [3.8, 4) is 0 Å². The average molecular weight is 396 g/mol. The van der Waals surface area contributed by atoms with E-state index in [1.54, 1.807) is 6.92 Å². The lowest BCUT2D eigenvalue weighted by Gasteiger charge is -2.25. The number of benzene rings is 2. The molecule has 0 aromatic heterocycles. The molecule has 1 atom stereocenters. The maximum atomic E-state index is 13.0. The monoisotopic (exact) mass is 395 g/mol. The zero-order chi connectivity index (χ0) is 19.0. The highest BCUT2D eigenvalue weighted by Crippen LogP contribution is 2.37. The van der Waals surface area contributed by atoms with E-state index in [1.165, 1.54) is 31.3 Å². The lowest BCUT2D eigenvalue weighted by molar-refractivity contribution is -0.137. The van der Waals surface area contributed by atoms with E-state index in [4.69, 9.17) is 11.6 Å². The molecule has 1 unspecified atom stereocenters. The van der Waals surface area contributed by atoms with E-state index in [0.717, 1.165) is 16.4 Å². The maximum Gasteiger partial charge on any atom is 0.417 e. The molecule has 0 saturated heterocycles. The van der Waals surface area contributed by atoms with Crippen LogP contribution in [0.25, 0.3) is 0 Å². The molecule has 2 rings (SSSR count). The molecule has 3 nitrogen and oxygen atoms in total. The first-order valence-electron chi connectivity index (χ1n) is 7.05. The summed E-state index contributed by atoms with van der Waals surface area (Å²) in [5, 5.41) is -0.583. The van der Waals surface area contributed by atoms with Gasteiger partial charge in [0.25, 0.3) is 0 Å². The van der Waals surface area contributed by atoms with Crippen molar-refractivity contribution in [3.63, 3.8) is 0 Å². The van der Waals surface area contributed by atoms with Crippen LogP contribution < -0.4 is 0 Å². The van der Waals surface area contributed by atoms with Crippen molar-refractivity contribution in [1.29, 1.82) is 0 Å². The van der Waals surface area contributed by atoms with Crippen molar-refractivity contribution >= 4 is 21.6 Å². The van der Waals surface area contributed by atoms with Gasteiger partial charge in [-0.05, 0) is 42.8 Å². The normalized spacial score (nSPS) is 13.9. The first-order valence-corrected chi connectivity index (χ1v) is 8.86. The van der Waals surface area contributed by atoms with Gasteiger partial charge in [-0.25, -0.2) is 12.8 Å². The molecule has 2 aromatic rings. The quantitative estimate of drug-likeness (QED) is 0.692. The smallest absolute Gasteiger partial charge is 0.207 e. The Balaban J connectivity index is 2.42. The Labute approximate surface area is 147 Å². The number of rotatable bonds is 4. The molecule has 0 aliphatic heterocycles. The van der Waals surface area contributed by atoms with Gasteiger partial charge >= 0.3 is 6.18 Å². The Kier molecular flexibility index (Phi) is 5.46. The standard InChI is InChI=1S/C16H14ClF4NO2S/c1-10(11-3-5-12(18)6-4-11)22(2)25(23,24)13-7-8-15(17)14(9-13)16(19,20)21/h3-10H,1-2H3. The molecule has 0 amide bonds. The molecule has 25 heavy (non-hydrogen) atoms. The van der Waals surface area contributed by atoms with Crippen LogP contribution in [0.4, 0.5) is 17.6 Å². The zero-order valence-corrected chi connectivity index (χ0v) is 14.8. The Bertz CT molecular complexity index is 867. The summed E-state index contributed by atoms with van der Waals surface area (Å²) in [7, 11) is -2.97. The van der Waals surface area contributed by atoms with Crippen LogP contribution in [0.3, 0.4) is 0 Å². The van der Waals surface area contributed by atoms with Crippen molar-refractivity contribution in [2.24, 2.45) is 0 Å². The largest absolute Gasteiger partial charge is 0.417 e. The lowest BCUT2D eigenvalue weighted by Crippen LogP contribution is -2.30. The van der Waals surface area contributed by atoms with Gasteiger partial charge in [0.15, 0.2) is 0 Å². The van der Waals surface area contributed by atoms with Crippen molar-refractivity contribution < 1.29 is 26.0 Å². The Hall–Kier alpha value is -1.64. The van der Waals surface area contributed by atoms with Gasteiger partial charge in [0.2, 0.25) is 10.0 Å². The van der Waals surface area contributed by atoms with Gasteiger partial charge in [-0.2, -0.15) is 17.5 Å². The van der Waals surface area contributed by atoms with Crippen LogP contribution in [-0.2, 0) is 16.2 Å². The van der Waals surface area contributed by atoms with Crippen LogP contribution >= 0.6 is 11.6 Å². The second kappa shape index (κ2) is 6.93. The number of sulfonamides is 1. The van der Waals surface area contributed by atoms with Crippen LogP contribution in [0.15, 0.2) is 47.4 Å². The van der Waals surface area contributed by atoms with E-state index in [9.17, 15) is 26.0 Å². The third kappa shape index (κ3) is 4.13. The summed E-state index contributed by atoms with van der Waals surface area (Å²) in [5.74, 6) is -0.478. The number of hydrogen-bond donors (Lipinski definition) is 0. The minimum atomic E-state index is -4.77. The van der Waals surface area contributed by atoms with E-state index in [1.807, 2.05) is 0 Å². The summed E-state index contributed by atoms with van der Waals surface area (Å²) < 4.78 is 78.1. The van der Waals surface area contributed by atoms with Crippen LogP contribution in [0.2, 0.25) is 5.02 Å². The second-order valence-corrected chi connectivity index (χ2v) is 7.79. The van der Waals surface area contributed by atoms with Crippen molar-refractivity contribution in [3.05, 3.63) is 64.4 Å². The molecule has 2 aromatic carbocycles. The average Bonchev–Trinajstić information content (AvgIpc) is 2.53. The topological polar surface area (TPSA) is 37.4 Å². The van der Waals surface area contributed by atoms with Crippen molar-refractivity contribution in [2.45, 2.75) is 24.0 Å². The lowest BCUT2D eigenvalue weighted by atomic mass is 10.1. The van der Waals surface area contributed by atoms with Gasteiger partial charge in [0.1, 0.15) is 5.82 Å². The van der Waals surface area contributed by atoms with E-state index in [0.29, 0.717) is 11.6 Å². The van der Waals surface area contributed by atoms with Crippen LogP contribution in [0, 0.1) is 5.82 Å². The third-order valence-corrected chi connectivity index (χ3v) is 6.07. The molecule has 0 bridgehead atoms. The van der Waals surface area contributed by atoms with Crippen LogP contribution in [0.1, 0.15) is 24.1 Å². The summed E-state index contributed by atoms with van der Waals surface area (Å²) in [4.78, 5) is -0.527. The molecule has 136 valence electrons. The summed E-state index contributed by atoms with van der Waals surface area (Å²) in [6.45, 7) is 1.55. The van der Waals surface area contributed by atoms with E-state index in [-0.39, 0.29) is 0 Å². The molecule has 0 radical (unpaired) electrons. The number of halogens is 5. The van der Waals surface area contributed by atoms with Gasteiger partial charge in [0, 0.05) is 13.1 Å². The summed E-state index contributed by atoms with van der Waals surface area (Å²) in [6.07, 6.45) is -4.77. The van der Waals surface area contributed by atoms with Crippen LogP contribution in [-0.4, -0.2) is 19.8 Å². The van der Waals surface area contributed by atoms with Crippen molar-refractivity contribution in [2.75, 3.05) is 7.05 Å². The van der Waals surface area contributed by atoms with E-state index in [2.05, 4.69) is 0 Å². The SMILES string of the molecule is CC(c1ccc(F)cc1)N(C)S(=O)(=O)c1ccc(Cl)c(C(F)(F)F)c1. The van der Waals surface area contributed by atoms with Gasteiger partial charge in [-0.1, -0.05) is 23.7 Å². The Morgan fingerprint density at radius 2 is 1.64 bits per heavy atom. The molecule has 0 spiro atoms. The fraction of sp³-hybridized carbons (Fsp3) is 0.250. The number of alkyl halides is 3. The molecule has 0 aliphatic rings. The molecule has 0 N–H and O–H groups in total. The molecule has 9 heteroatoms. The molecule has 0 aliphatic carbocycles. The highest BCUT2D eigenvalue weighted by molar-refractivity contribution is 7.89. The minimum Gasteiger partial charge on any atom is -0.207 e. The highest BCUT2D eigenvalue weighted by atomic mass is 35.5. The van der Waals surface area contributed by atoms with E-state index < -0.39 is 43.5 Å². The predicted molar refractivity (Wildman–Crippen MR) is 86.2 cm³/mol. The highest BCUT2D eigenvalue weighted by Gasteiger charge is 2.35. The molecular weight excluding hydrogens is 382 g/mol. The fourth-order valence-electron chi connectivity index (χ4n) is 2.21. The zero-order valence-electron chi connectivity index (χ0n) is 13.2. The van der Waals surface area contributed by atoms with Gasteiger partial charge in [0.05, 0.1) is 15.5 Å². The summed E-state index contributed by atoms with van der Waals surface area (Å²) in [5.41, 5.74) is -0.726. The Morgan fingerprint density at radius 1 is 1.08 bits per heavy atom. The number of hydrogen-bond acceptors (Lipinski definition) is 2. The van der Waals surface area contributed by atoms with E-state index >= 15 is 0 Å². The van der Waals surface area contributed by atoms with Gasteiger partial charge in [-0.3, -0.25) is 0 Å². The molecule has 0 heterocycles. The second-order valence-electron chi connectivity index (χ2n) is 5.39. The first kappa shape index (κ1) is 19.7. The molecule has 0 saturated carbocycles. The van der Waals surface area contributed by atoms with Crippen molar-refractivity contribution in [1.82, 2.24) is 4.31 Å². The van der Waals surface area contributed by atoms with Gasteiger partial charge < -0.3 is 0 Å². The Morgan fingerprint density at radius 3 is 2.16 bits per heavy atom. The van der Waals surface area contributed by atoms with Gasteiger partial charge in [-0.15, -0.1) is 0 Å². The maximum absolute atomic E-state index is 13.0. The summed E-state index contributed by atoms with van der Waals surface area (Å²) in [6, 6.07) is 6.88. The first-order chi connectivity index (χ1) is 11.4.